The molecule has 5 nitrogen and oxygen atoms in total. The van der Waals surface area contributed by atoms with Gasteiger partial charge in [0, 0.05) is 23.5 Å². The van der Waals surface area contributed by atoms with Gasteiger partial charge in [0.25, 0.3) is 0 Å². The molecule has 0 saturated carbocycles. The Bertz CT molecular complexity index is 894. The van der Waals surface area contributed by atoms with Gasteiger partial charge in [-0.3, -0.25) is 4.79 Å². The number of hydrogen-bond donors (Lipinski definition) is 1. The number of hydrogen-bond acceptors (Lipinski definition) is 3. The lowest BCUT2D eigenvalue weighted by Gasteiger charge is -2.31. The number of carbonyl (C=O) groups excluding carboxylic acids is 1. The van der Waals surface area contributed by atoms with Crippen molar-refractivity contribution in [3.63, 3.8) is 0 Å². The van der Waals surface area contributed by atoms with Gasteiger partial charge >= 0.3 is 0 Å². The van der Waals surface area contributed by atoms with Crippen molar-refractivity contribution in [1.29, 1.82) is 0 Å². The molecule has 0 bridgehead atoms. The number of piperidine rings is 1. The fraction of sp³-hybridized carbons (Fsp3) is 0.350. The highest BCUT2D eigenvalue weighted by Crippen LogP contribution is 2.25. The Hall–Kier alpha value is -1.70. The standard InChI is InChI=1S/C20H23BrN2O3S/c1-15(17-6-5-7-18(21)14-17)22-20(24)16-10-12-23(13-11-16)27(25,26)19-8-3-2-4-9-19/h2-9,14-16H,10-13H2,1H3,(H,22,24)/t15-/m0/s1. The molecule has 0 spiro atoms. The average Bonchev–Trinajstić information content (AvgIpc) is 2.68. The van der Waals surface area contributed by atoms with Crippen LogP contribution in [0.1, 0.15) is 31.4 Å². The van der Waals surface area contributed by atoms with E-state index in [1.807, 2.05) is 31.2 Å². The summed E-state index contributed by atoms with van der Waals surface area (Å²) in [5, 5.41) is 3.05. The summed E-state index contributed by atoms with van der Waals surface area (Å²) in [6.07, 6.45) is 1.06. The van der Waals surface area contributed by atoms with Crippen LogP contribution in [-0.4, -0.2) is 31.7 Å². The Balaban J connectivity index is 1.58. The Kier molecular flexibility index (Phi) is 6.34. The lowest BCUT2D eigenvalue weighted by Crippen LogP contribution is -2.43. The molecule has 1 aliphatic heterocycles. The molecule has 144 valence electrons. The van der Waals surface area contributed by atoms with E-state index in [9.17, 15) is 13.2 Å². The van der Waals surface area contributed by atoms with Crippen molar-refractivity contribution in [2.24, 2.45) is 5.92 Å². The maximum Gasteiger partial charge on any atom is 0.243 e. The normalized spacial score (nSPS) is 17.4. The molecular weight excluding hydrogens is 428 g/mol. The quantitative estimate of drug-likeness (QED) is 0.754. The van der Waals surface area contributed by atoms with Crippen LogP contribution < -0.4 is 5.32 Å². The van der Waals surface area contributed by atoms with Crippen molar-refractivity contribution < 1.29 is 13.2 Å². The number of rotatable bonds is 5. The summed E-state index contributed by atoms with van der Waals surface area (Å²) in [4.78, 5) is 12.9. The highest BCUT2D eigenvalue weighted by molar-refractivity contribution is 9.10. The SMILES string of the molecule is C[C@H](NC(=O)C1CCN(S(=O)(=O)c2ccccc2)CC1)c1cccc(Br)c1. The van der Waals surface area contributed by atoms with Gasteiger partial charge in [-0.05, 0) is 49.6 Å². The number of sulfonamides is 1. The molecule has 1 aliphatic rings. The molecule has 0 unspecified atom stereocenters. The monoisotopic (exact) mass is 450 g/mol. The van der Waals surface area contributed by atoms with E-state index in [1.54, 1.807) is 30.3 Å². The predicted molar refractivity (Wildman–Crippen MR) is 109 cm³/mol. The molecule has 1 atom stereocenters. The summed E-state index contributed by atoms with van der Waals surface area (Å²) < 4.78 is 27.8. The zero-order valence-corrected chi connectivity index (χ0v) is 17.5. The van der Waals surface area contributed by atoms with Crippen LogP contribution in [0.25, 0.3) is 0 Å². The Morgan fingerprint density at radius 3 is 2.41 bits per heavy atom. The van der Waals surface area contributed by atoms with Crippen LogP contribution in [0, 0.1) is 5.92 Å². The van der Waals surface area contributed by atoms with Gasteiger partial charge in [-0.15, -0.1) is 0 Å². The third kappa shape index (κ3) is 4.78. The number of amides is 1. The first kappa shape index (κ1) is 20.0. The Labute approximate surface area is 169 Å². The van der Waals surface area contributed by atoms with Gasteiger partial charge in [-0.2, -0.15) is 4.31 Å². The largest absolute Gasteiger partial charge is 0.349 e. The lowest BCUT2D eigenvalue weighted by molar-refractivity contribution is -0.126. The van der Waals surface area contributed by atoms with Crippen LogP contribution in [0.3, 0.4) is 0 Å². The van der Waals surface area contributed by atoms with Gasteiger partial charge in [-0.1, -0.05) is 46.3 Å². The second-order valence-electron chi connectivity index (χ2n) is 6.78. The number of carbonyl (C=O) groups is 1. The van der Waals surface area contributed by atoms with E-state index in [-0.39, 0.29) is 17.9 Å². The second kappa shape index (κ2) is 8.54. The summed E-state index contributed by atoms with van der Waals surface area (Å²) in [6, 6.07) is 16.2. The van der Waals surface area contributed by atoms with E-state index in [2.05, 4.69) is 21.2 Å². The Morgan fingerprint density at radius 1 is 1.11 bits per heavy atom. The summed E-state index contributed by atoms with van der Waals surface area (Å²) >= 11 is 3.44. The summed E-state index contributed by atoms with van der Waals surface area (Å²) in [7, 11) is -3.49. The van der Waals surface area contributed by atoms with Gasteiger partial charge in [0.15, 0.2) is 0 Å². The number of nitrogens with one attached hydrogen (secondary N) is 1. The lowest BCUT2D eigenvalue weighted by atomic mass is 9.96. The van der Waals surface area contributed by atoms with Crippen molar-refractivity contribution in [3.8, 4) is 0 Å². The van der Waals surface area contributed by atoms with Crippen molar-refractivity contribution in [1.82, 2.24) is 9.62 Å². The van der Waals surface area contributed by atoms with Crippen LogP contribution in [0.2, 0.25) is 0 Å². The van der Waals surface area contributed by atoms with Gasteiger partial charge in [0.05, 0.1) is 10.9 Å². The van der Waals surface area contributed by atoms with Crippen LogP contribution >= 0.6 is 15.9 Å². The minimum Gasteiger partial charge on any atom is -0.349 e. The molecule has 1 N–H and O–H groups in total. The third-order valence-electron chi connectivity index (χ3n) is 4.91. The molecule has 1 amide bonds. The molecule has 7 heteroatoms. The molecular formula is C20H23BrN2O3S. The molecule has 3 rings (SSSR count). The van der Waals surface area contributed by atoms with Gasteiger partial charge in [0.2, 0.25) is 15.9 Å². The molecule has 1 saturated heterocycles. The van der Waals surface area contributed by atoms with Gasteiger partial charge in [-0.25, -0.2) is 8.42 Å². The average molecular weight is 451 g/mol. The highest BCUT2D eigenvalue weighted by Gasteiger charge is 2.32. The van der Waals surface area contributed by atoms with Crippen LogP contribution in [0.5, 0.6) is 0 Å². The fourth-order valence-corrected chi connectivity index (χ4v) is 5.20. The Morgan fingerprint density at radius 2 is 1.78 bits per heavy atom. The number of halogens is 1. The molecule has 27 heavy (non-hydrogen) atoms. The van der Waals surface area contributed by atoms with Crippen LogP contribution in [-0.2, 0) is 14.8 Å². The summed E-state index contributed by atoms with van der Waals surface area (Å²) in [5.41, 5.74) is 1.03. The van der Waals surface area contributed by atoms with Crippen LogP contribution in [0.15, 0.2) is 64.0 Å². The minimum absolute atomic E-state index is 0.0146. The number of benzene rings is 2. The van der Waals surface area contributed by atoms with Crippen LogP contribution in [0.4, 0.5) is 0 Å². The smallest absolute Gasteiger partial charge is 0.243 e. The van der Waals surface area contributed by atoms with Crippen molar-refractivity contribution >= 4 is 31.9 Å². The molecule has 1 heterocycles. The van der Waals surface area contributed by atoms with E-state index in [4.69, 9.17) is 0 Å². The first-order valence-electron chi connectivity index (χ1n) is 8.99. The molecule has 0 aromatic heterocycles. The molecule has 2 aromatic carbocycles. The van der Waals surface area contributed by atoms with Crippen molar-refractivity contribution in [2.45, 2.75) is 30.7 Å². The molecule has 0 radical (unpaired) electrons. The molecule has 2 aromatic rings. The zero-order chi connectivity index (χ0) is 19.4. The predicted octanol–water partition coefficient (Wildman–Crippen LogP) is 3.73. The van der Waals surface area contributed by atoms with E-state index in [1.165, 1.54) is 4.31 Å². The van der Waals surface area contributed by atoms with E-state index in [0.717, 1.165) is 10.0 Å². The topological polar surface area (TPSA) is 66.5 Å². The van der Waals surface area contributed by atoms with Gasteiger partial charge in [0.1, 0.15) is 0 Å². The summed E-state index contributed by atoms with van der Waals surface area (Å²) in [5.74, 6) is -0.180. The molecule has 0 aliphatic carbocycles. The maximum absolute atomic E-state index is 12.7. The fourth-order valence-electron chi connectivity index (χ4n) is 3.29. The minimum atomic E-state index is -3.49. The highest BCUT2D eigenvalue weighted by atomic mass is 79.9. The first-order valence-corrected chi connectivity index (χ1v) is 11.2. The first-order chi connectivity index (χ1) is 12.9. The maximum atomic E-state index is 12.7. The van der Waals surface area contributed by atoms with E-state index >= 15 is 0 Å². The summed E-state index contributed by atoms with van der Waals surface area (Å²) in [6.45, 7) is 2.68. The zero-order valence-electron chi connectivity index (χ0n) is 15.1. The van der Waals surface area contributed by atoms with Gasteiger partial charge < -0.3 is 5.32 Å². The van der Waals surface area contributed by atoms with Crippen molar-refractivity contribution in [3.05, 3.63) is 64.6 Å². The molecule has 1 fully saturated rings. The van der Waals surface area contributed by atoms with E-state index in [0.29, 0.717) is 30.8 Å². The van der Waals surface area contributed by atoms with Crippen molar-refractivity contribution in [2.75, 3.05) is 13.1 Å². The van der Waals surface area contributed by atoms with E-state index < -0.39 is 10.0 Å². The second-order valence-corrected chi connectivity index (χ2v) is 9.63. The third-order valence-corrected chi connectivity index (χ3v) is 7.32. The number of nitrogens with zero attached hydrogens (tertiary/aromatic N) is 1.